The zero-order valence-electron chi connectivity index (χ0n) is 13.0. The van der Waals surface area contributed by atoms with Crippen LogP contribution in [0.4, 0.5) is 4.39 Å². The number of nitrogens with one attached hydrogen (secondary N) is 1. The van der Waals surface area contributed by atoms with Gasteiger partial charge in [0.1, 0.15) is 11.9 Å². The lowest BCUT2D eigenvalue weighted by atomic mass is 9.87. The SMILES string of the molecule is CNCC1C[C@@H]2c3ccccc3C(O)c3ccc(F)cc3[C@H]2O1. The largest absolute Gasteiger partial charge is 0.384 e. The number of aliphatic hydroxyl groups is 1. The molecule has 0 spiro atoms. The van der Waals surface area contributed by atoms with Crippen molar-refractivity contribution in [2.45, 2.75) is 30.7 Å². The molecule has 23 heavy (non-hydrogen) atoms. The van der Waals surface area contributed by atoms with Gasteiger partial charge in [0.25, 0.3) is 0 Å². The topological polar surface area (TPSA) is 41.5 Å². The summed E-state index contributed by atoms with van der Waals surface area (Å²) in [6.07, 6.45) is 0.0103. The second-order valence-electron chi connectivity index (χ2n) is 6.38. The van der Waals surface area contributed by atoms with E-state index in [-0.39, 0.29) is 23.9 Å². The number of halogens is 1. The van der Waals surface area contributed by atoms with Gasteiger partial charge in [-0.1, -0.05) is 30.3 Å². The molecule has 1 aliphatic heterocycles. The number of ether oxygens (including phenoxy) is 1. The Kier molecular flexibility index (Phi) is 3.68. The first-order valence-electron chi connectivity index (χ1n) is 8.05. The molecule has 2 unspecified atom stereocenters. The molecule has 0 aromatic heterocycles. The Morgan fingerprint density at radius 1 is 1.13 bits per heavy atom. The summed E-state index contributed by atoms with van der Waals surface area (Å²) in [7, 11) is 1.91. The summed E-state index contributed by atoms with van der Waals surface area (Å²) >= 11 is 0. The van der Waals surface area contributed by atoms with E-state index in [0.29, 0.717) is 0 Å². The maximum Gasteiger partial charge on any atom is 0.123 e. The van der Waals surface area contributed by atoms with Crippen molar-refractivity contribution in [3.8, 4) is 0 Å². The minimum absolute atomic E-state index is 0.0921. The molecule has 2 aromatic rings. The van der Waals surface area contributed by atoms with E-state index in [1.54, 1.807) is 6.07 Å². The Bertz CT molecular complexity index is 733. The highest BCUT2D eigenvalue weighted by Crippen LogP contribution is 2.51. The molecule has 1 saturated heterocycles. The number of hydrogen-bond acceptors (Lipinski definition) is 3. The standard InChI is InChI=1S/C19H20FNO2/c1-21-10-12-9-17-13-4-2-3-5-14(13)18(22)15-7-6-11(20)8-16(15)19(17)23-12/h2-8,12,17-19,21-22H,9-10H2,1H3/t12?,17-,18?,19-/m1/s1. The minimum atomic E-state index is -0.737. The van der Waals surface area contributed by atoms with Crippen LogP contribution < -0.4 is 5.32 Å². The van der Waals surface area contributed by atoms with Crippen LogP contribution in [0.2, 0.25) is 0 Å². The Hall–Kier alpha value is -1.75. The van der Waals surface area contributed by atoms with Crippen LogP contribution >= 0.6 is 0 Å². The van der Waals surface area contributed by atoms with E-state index < -0.39 is 6.10 Å². The van der Waals surface area contributed by atoms with Crippen LogP contribution in [0.5, 0.6) is 0 Å². The third kappa shape index (κ3) is 2.38. The molecule has 4 atom stereocenters. The number of likely N-dealkylation sites (N-methyl/N-ethyl adjacent to an activating group) is 1. The monoisotopic (exact) mass is 313 g/mol. The quantitative estimate of drug-likeness (QED) is 0.895. The lowest BCUT2D eigenvalue weighted by Gasteiger charge is -2.19. The van der Waals surface area contributed by atoms with E-state index in [0.717, 1.165) is 35.2 Å². The second-order valence-corrected chi connectivity index (χ2v) is 6.38. The third-order valence-corrected chi connectivity index (χ3v) is 4.99. The van der Waals surface area contributed by atoms with E-state index in [9.17, 15) is 9.50 Å². The molecule has 1 fully saturated rings. The summed E-state index contributed by atoms with van der Waals surface area (Å²) in [4.78, 5) is 0. The van der Waals surface area contributed by atoms with Crippen LogP contribution in [-0.4, -0.2) is 24.8 Å². The first-order valence-corrected chi connectivity index (χ1v) is 8.05. The summed E-state index contributed by atoms with van der Waals surface area (Å²) in [6, 6.07) is 12.6. The summed E-state index contributed by atoms with van der Waals surface area (Å²) in [6.45, 7) is 0.766. The third-order valence-electron chi connectivity index (χ3n) is 4.99. The van der Waals surface area contributed by atoms with Crippen molar-refractivity contribution in [3.05, 3.63) is 70.5 Å². The summed E-state index contributed by atoms with van der Waals surface area (Å²) in [5.74, 6) is -0.149. The van der Waals surface area contributed by atoms with Gasteiger partial charge >= 0.3 is 0 Å². The van der Waals surface area contributed by atoms with E-state index in [1.807, 2.05) is 25.2 Å². The molecule has 2 N–H and O–H groups in total. The highest BCUT2D eigenvalue weighted by atomic mass is 19.1. The zero-order chi connectivity index (χ0) is 16.0. The summed E-state index contributed by atoms with van der Waals surface area (Å²) < 4.78 is 20.1. The maximum absolute atomic E-state index is 13.8. The number of hydrogen-bond donors (Lipinski definition) is 2. The summed E-state index contributed by atoms with van der Waals surface area (Å²) in [5, 5.41) is 14.0. The molecule has 4 heteroatoms. The number of aliphatic hydroxyl groups excluding tert-OH is 1. The second kappa shape index (κ2) is 5.71. The molecule has 1 heterocycles. The fourth-order valence-corrected chi connectivity index (χ4v) is 4.01. The van der Waals surface area contributed by atoms with Gasteiger partial charge in [0.15, 0.2) is 0 Å². The first kappa shape index (κ1) is 14.8. The van der Waals surface area contributed by atoms with E-state index >= 15 is 0 Å². The van der Waals surface area contributed by atoms with Gasteiger partial charge < -0.3 is 15.2 Å². The molecule has 0 amide bonds. The van der Waals surface area contributed by atoms with E-state index in [4.69, 9.17) is 4.74 Å². The van der Waals surface area contributed by atoms with Gasteiger partial charge in [0.2, 0.25) is 0 Å². The van der Waals surface area contributed by atoms with Gasteiger partial charge in [-0.3, -0.25) is 0 Å². The number of benzene rings is 2. The minimum Gasteiger partial charge on any atom is -0.384 e. The van der Waals surface area contributed by atoms with Gasteiger partial charge in [-0.25, -0.2) is 4.39 Å². The lowest BCUT2D eigenvalue weighted by molar-refractivity contribution is 0.0412. The molecule has 4 rings (SSSR count). The molecule has 0 saturated carbocycles. The normalized spacial score (nSPS) is 28.7. The summed E-state index contributed by atoms with van der Waals surface area (Å²) in [5.41, 5.74) is 3.54. The molecular formula is C19H20FNO2. The van der Waals surface area contributed by atoms with Crippen molar-refractivity contribution in [2.24, 2.45) is 0 Å². The molecule has 120 valence electrons. The van der Waals surface area contributed by atoms with E-state index in [1.165, 1.54) is 12.1 Å². The van der Waals surface area contributed by atoms with Gasteiger partial charge in [0, 0.05) is 12.5 Å². The smallest absolute Gasteiger partial charge is 0.123 e. The molecular weight excluding hydrogens is 293 g/mol. The molecule has 1 aliphatic carbocycles. The van der Waals surface area contributed by atoms with Crippen LogP contribution in [-0.2, 0) is 4.74 Å². The van der Waals surface area contributed by atoms with Crippen molar-refractivity contribution in [1.29, 1.82) is 0 Å². The average molecular weight is 313 g/mol. The van der Waals surface area contributed by atoms with Crippen LogP contribution in [0.3, 0.4) is 0 Å². The maximum atomic E-state index is 13.8. The van der Waals surface area contributed by atoms with Crippen molar-refractivity contribution in [2.75, 3.05) is 13.6 Å². The average Bonchev–Trinajstić information content (AvgIpc) is 2.95. The van der Waals surface area contributed by atoms with Gasteiger partial charge in [-0.15, -0.1) is 0 Å². The van der Waals surface area contributed by atoms with Crippen LogP contribution in [0.1, 0.15) is 46.8 Å². The molecule has 2 aliphatic rings. The Morgan fingerprint density at radius 3 is 2.65 bits per heavy atom. The highest BCUT2D eigenvalue weighted by molar-refractivity contribution is 5.47. The highest BCUT2D eigenvalue weighted by Gasteiger charge is 2.42. The molecule has 0 bridgehead atoms. The van der Waals surface area contributed by atoms with Crippen LogP contribution in [0, 0.1) is 5.82 Å². The predicted octanol–water partition coefficient (Wildman–Crippen LogP) is 3.05. The molecule has 2 aromatic carbocycles. The zero-order valence-corrected chi connectivity index (χ0v) is 13.0. The van der Waals surface area contributed by atoms with Gasteiger partial charge in [0.05, 0.1) is 12.2 Å². The first-order chi connectivity index (χ1) is 11.2. The fraction of sp³-hybridized carbons (Fsp3) is 0.368. The Balaban J connectivity index is 1.89. The van der Waals surface area contributed by atoms with Crippen molar-refractivity contribution in [1.82, 2.24) is 5.32 Å². The molecule has 0 radical (unpaired) electrons. The Labute approximate surface area is 135 Å². The van der Waals surface area contributed by atoms with E-state index in [2.05, 4.69) is 11.4 Å². The van der Waals surface area contributed by atoms with Crippen molar-refractivity contribution >= 4 is 0 Å². The van der Waals surface area contributed by atoms with Crippen LogP contribution in [0.15, 0.2) is 42.5 Å². The van der Waals surface area contributed by atoms with Crippen molar-refractivity contribution in [3.63, 3.8) is 0 Å². The number of fused-ring (bicyclic) bond motifs is 5. The van der Waals surface area contributed by atoms with Gasteiger partial charge in [-0.05, 0) is 47.9 Å². The fourth-order valence-electron chi connectivity index (χ4n) is 4.01. The van der Waals surface area contributed by atoms with Gasteiger partial charge in [-0.2, -0.15) is 0 Å². The van der Waals surface area contributed by atoms with Crippen molar-refractivity contribution < 1.29 is 14.2 Å². The Morgan fingerprint density at radius 2 is 1.87 bits per heavy atom. The van der Waals surface area contributed by atoms with Crippen LogP contribution in [0.25, 0.3) is 0 Å². The molecule has 3 nitrogen and oxygen atoms in total. The predicted molar refractivity (Wildman–Crippen MR) is 85.8 cm³/mol. The number of rotatable bonds is 2. The lowest BCUT2D eigenvalue weighted by Crippen LogP contribution is -2.23.